The molecular weight excluding hydrogens is 476 g/mol. The maximum Gasteiger partial charge on any atom is 0.362 e. The number of benzene rings is 2. The number of carbonyl (C=O) groups excluding carboxylic acids is 1. The molecule has 0 aliphatic carbocycles. The van der Waals surface area contributed by atoms with Crippen molar-refractivity contribution in [3.05, 3.63) is 80.7 Å². The summed E-state index contributed by atoms with van der Waals surface area (Å²) in [5, 5.41) is 4.02. The number of hydrogen-bond acceptors (Lipinski definition) is 7. The fraction of sp³-hybridized carbons (Fsp3) is 0.150. The molecule has 0 aliphatic heterocycles. The summed E-state index contributed by atoms with van der Waals surface area (Å²) >= 11 is 3.22. The molecule has 0 atom stereocenters. The van der Waals surface area contributed by atoms with Crippen molar-refractivity contribution < 1.29 is 22.1 Å². The summed E-state index contributed by atoms with van der Waals surface area (Å²) in [6.45, 7) is 3.50. The highest BCUT2D eigenvalue weighted by Gasteiger charge is 2.25. The van der Waals surface area contributed by atoms with Crippen LogP contribution in [0.4, 0.5) is 0 Å². The molecule has 0 unspecified atom stereocenters. The van der Waals surface area contributed by atoms with E-state index >= 15 is 0 Å². The topological polar surface area (TPSA) is 105 Å². The van der Waals surface area contributed by atoms with Crippen LogP contribution in [0.2, 0.25) is 0 Å². The van der Waals surface area contributed by atoms with Crippen molar-refractivity contribution in [2.45, 2.75) is 18.7 Å². The Bertz CT molecular complexity index is 1240. The summed E-state index contributed by atoms with van der Waals surface area (Å²) in [6.07, 6.45) is 0. The van der Waals surface area contributed by atoms with E-state index in [9.17, 15) is 18.0 Å². The third kappa shape index (κ3) is 4.77. The average Bonchev–Trinajstić information content (AvgIpc) is 2.69. The standard InChI is InChI=1S/C20H17BrN2O6S/c1-3-28-20(25)19-17(29-30(26,27)16-10-6-14(21)7-11-16)12-18(24)23(22-19)15-8-4-13(2)5-9-15/h4-12H,3H2,1-2H3. The first-order chi connectivity index (χ1) is 14.2. The van der Waals surface area contributed by atoms with Crippen LogP contribution in [0.25, 0.3) is 5.69 Å². The Hall–Kier alpha value is -2.98. The molecule has 30 heavy (non-hydrogen) atoms. The van der Waals surface area contributed by atoms with Crippen LogP contribution in [-0.2, 0) is 14.9 Å². The Kier molecular flexibility index (Phi) is 6.37. The molecule has 1 heterocycles. The first kappa shape index (κ1) is 21.7. The van der Waals surface area contributed by atoms with Crippen LogP contribution in [0, 0.1) is 6.92 Å². The normalized spacial score (nSPS) is 11.2. The SMILES string of the molecule is CCOC(=O)c1nn(-c2ccc(C)cc2)c(=O)cc1OS(=O)(=O)c1ccc(Br)cc1. The average molecular weight is 493 g/mol. The highest BCUT2D eigenvalue weighted by Crippen LogP contribution is 2.23. The summed E-state index contributed by atoms with van der Waals surface area (Å²) in [4.78, 5) is 24.8. The summed E-state index contributed by atoms with van der Waals surface area (Å²) in [5.41, 5.74) is 0.266. The maximum atomic E-state index is 12.6. The van der Waals surface area contributed by atoms with Crippen LogP contribution in [0.5, 0.6) is 5.75 Å². The number of halogens is 1. The van der Waals surface area contributed by atoms with E-state index in [-0.39, 0.29) is 11.5 Å². The first-order valence-electron chi connectivity index (χ1n) is 8.80. The third-order valence-electron chi connectivity index (χ3n) is 3.95. The number of rotatable bonds is 6. The smallest absolute Gasteiger partial charge is 0.362 e. The lowest BCUT2D eigenvalue weighted by atomic mass is 10.2. The molecule has 0 N–H and O–H groups in total. The third-order valence-corrected chi connectivity index (χ3v) is 5.72. The van der Waals surface area contributed by atoms with Gasteiger partial charge in [0.05, 0.1) is 18.4 Å². The Morgan fingerprint density at radius 3 is 2.33 bits per heavy atom. The molecule has 0 spiro atoms. The van der Waals surface area contributed by atoms with Gasteiger partial charge < -0.3 is 8.92 Å². The van der Waals surface area contributed by atoms with E-state index in [1.165, 1.54) is 24.3 Å². The second-order valence-electron chi connectivity index (χ2n) is 6.15. The number of hydrogen-bond donors (Lipinski definition) is 0. The molecular formula is C20H17BrN2O6S. The fourth-order valence-electron chi connectivity index (χ4n) is 2.48. The molecule has 2 aromatic carbocycles. The molecule has 0 aliphatic rings. The molecule has 0 bridgehead atoms. The number of nitrogens with zero attached hydrogens (tertiary/aromatic N) is 2. The summed E-state index contributed by atoms with van der Waals surface area (Å²) in [7, 11) is -4.32. The van der Waals surface area contributed by atoms with Crippen LogP contribution in [0.1, 0.15) is 23.0 Å². The lowest BCUT2D eigenvalue weighted by Gasteiger charge is -2.12. The van der Waals surface area contributed by atoms with E-state index in [2.05, 4.69) is 21.0 Å². The van der Waals surface area contributed by atoms with Gasteiger partial charge in [0.15, 0.2) is 5.75 Å². The first-order valence-corrected chi connectivity index (χ1v) is 11.0. The molecule has 1 aromatic heterocycles. The van der Waals surface area contributed by atoms with Gasteiger partial charge in [0.25, 0.3) is 5.56 Å². The van der Waals surface area contributed by atoms with Gasteiger partial charge in [-0.2, -0.15) is 18.2 Å². The Labute approximate surface area is 181 Å². The minimum atomic E-state index is -4.32. The van der Waals surface area contributed by atoms with E-state index in [1.54, 1.807) is 31.2 Å². The Balaban J connectivity index is 2.10. The molecule has 8 nitrogen and oxygen atoms in total. The van der Waals surface area contributed by atoms with Gasteiger partial charge in [0.2, 0.25) is 5.69 Å². The molecule has 0 saturated heterocycles. The van der Waals surface area contributed by atoms with Crippen LogP contribution in [0.15, 0.2) is 68.8 Å². The van der Waals surface area contributed by atoms with Crippen LogP contribution < -0.4 is 9.74 Å². The predicted molar refractivity (Wildman–Crippen MR) is 112 cm³/mol. The minimum Gasteiger partial charge on any atom is -0.461 e. The van der Waals surface area contributed by atoms with Gasteiger partial charge in [-0.25, -0.2) is 4.79 Å². The molecule has 0 radical (unpaired) electrons. The van der Waals surface area contributed by atoms with Gasteiger partial charge in [0, 0.05) is 4.47 Å². The highest BCUT2D eigenvalue weighted by atomic mass is 79.9. The van der Waals surface area contributed by atoms with Gasteiger partial charge in [-0.15, -0.1) is 0 Å². The molecule has 3 rings (SSSR count). The monoisotopic (exact) mass is 492 g/mol. The minimum absolute atomic E-state index is 0.0308. The number of aryl methyl sites for hydroxylation is 1. The second-order valence-corrected chi connectivity index (χ2v) is 8.62. The lowest BCUT2D eigenvalue weighted by Crippen LogP contribution is -2.26. The summed E-state index contributed by atoms with van der Waals surface area (Å²) in [5.74, 6) is -1.43. The van der Waals surface area contributed by atoms with Gasteiger partial charge in [-0.3, -0.25) is 4.79 Å². The summed E-state index contributed by atoms with van der Waals surface area (Å²) in [6, 6.07) is 13.4. The zero-order valence-corrected chi connectivity index (χ0v) is 18.4. The number of ether oxygens (including phenoxy) is 1. The van der Waals surface area contributed by atoms with E-state index in [4.69, 9.17) is 8.92 Å². The van der Waals surface area contributed by atoms with Crippen LogP contribution in [-0.4, -0.2) is 30.8 Å². The van der Waals surface area contributed by atoms with Crippen molar-refractivity contribution in [2.75, 3.05) is 6.61 Å². The van der Waals surface area contributed by atoms with Crippen molar-refractivity contribution in [2.24, 2.45) is 0 Å². The maximum absolute atomic E-state index is 12.6. The molecule has 3 aromatic rings. The van der Waals surface area contributed by atoms with E-state index in [0.717, 1.165) is 16.3 Å². The van der Waals surface area contributed by atoms with Crippen molar-refractivity contribution in [3.63, 3.8) is 0 Å². The summed E-state index contributed by atoms with van der Waals surface area (Å²) < 4.78 is 37.0. The van der Waals surface area contributed by atoms with Crippen LogP contribution in [0.3, 0.4) is 0 Å². The largest absolute Gasteiger partial charge is 0.461 e. The molecule has 0 saturated carbocycles. The lowest BCUT2D eigenvalue weighted by molar-refractivity contribution is 0.0515. The predicted octanol–water partition coefficient (Wildman–Crippen LogP) is 3.25. The van der Waals surface area contributed by atoms with Crippen molar-refractivity contribution in [1.29, 1.82) is 0 Å². The number of aromatic nitrogens is 2. The Morgan fingerprint density at radius 2 is 1.73 bits per heavy atom. The van der Waals surface area contributed by atoms with E-state index < -0.39 is 33.1 Å². The van der Waals surface area contributed by atoms with Gasteiger partial charge in [-0.1, -0.05) is 33.6 Å². The highest BCUT2D eigenvalue weighted by molar-refractivity contribution is 9.10. The van der Waals surface area contributed by atoms with Crippen LogP contribution >= 0.6 is 15.9 Å². The molecule has 156 valence electrons. The van der Waals surface area contributed by atoms with E-state index in [0.29, 0.717) is 10.2 Å². The fourth-order valence-corrected chi connectivity index (χ4v) is 3.68. The molecule has 10 heteroatoms. The Morgan fingerprint density at radius 1 is 1.10 bits per heavy atom. The zero-order chi connectivity index (χ0) is 21.9. The quantitative estimate of drug-likeness (QED) is 0.384. The van der Waals surface area contributed by atoms with Crippen molar-refractivity contribution >= 4 is 32.0 Å². The van der Waals surface area contributed by atoms with Crippen molar-refractivity contribution in [1.82, 2.24) is 9.78 Å². The number of esters is 1. The van der Waals surface area contributed by atoms with Crippen molar-refractivity contribution in [3.8, 4) is 11.4 Å². The van der Waals surface area contributed by atoms with Gasteiger partial charge in [0.1, 0.15) is 4.90 Å². The van der Waals surface area contributed by atoms with E-state index in [1.807, 2.05) is 6.92 Å². The number of carbonyl (C=O) groups is 1. The molecule has 0 amide bonds. The van der Waals surface area contributed by atoms with Gasteiger partial charge in [-0.05, 0) is 50.2 Å². The molecule has 0 fully saturated rings. The second kappa shape index (κ2) is 8.80. The van der Waals surface area contributed by atoms with Gasteiger partial charge >= 0.3 is 16.1 Å². The zero-order valence-electron chi connectivity index (χ0n) is 16.0.